The van der Waals surface area contributed by atoms with E-state index in [1.165, 1.54) is 0 Å². The number of amides is 1. The zero-order valence-corrected chi connectivity index (χ0v) is 10.6. The quantitative estimate of drug-likeness (QED) is 0.735. The summed E-state index contributed by atoms with van der Waals surface area (Å²) in [5.74, 6) is 0.473. The molecule has 3 atom stereocenters. The average Bonchev–Trinajstić information content (AvgIpc) is 2.28. The molecule has 4 nitrogen and oxygen atoms in total. The van der Waals surface area contributed by atoms with E-state index in [0.29, 0.717) is 12.5 Å². The third-order valence-electron chi connectivity index (χ3n) is 3.35. The van der Waals surface area contributed by atoms with Crippen molar-refractivity contribution in [1.29, 1.82) is 0 Å². The fraction of sp³-hybridized carbons (Fsp3) is 0.917. The van der Waals surface area contributed by atoms with E-state index < -0.39 is 0 Å². The number of likely N-dealkylation sites (tertiary alicyclic amines) is 1. The van der Waals surface area contributed by atoms with E-state index >= 15 is 0 Å². The molecule has 0 bridgehead atoms. The molecule has 1 fully saturated rings. The van der Waals surface area contributed by atoms with Gasteiger partial charge < -0.3 is 15.3 Å². The van der Waals surface area contributed by atoms with Gasteiger partial charge in [-0.3, -0.25) is 4.79 Å². The summed E-state index contributed by atoms with van der Waals surface area (Å²) in [6.07, 6.45) is 0.546. The van der Waals surface area contributed by atoms with Crippen molar-refractivity contribution in [3.63, 3.8) is 0 Å². The van der Waals surface area contributed by atoms with Crippen LogP contribution in [0.3, 0.4) is 0 Å². The Kier molecular flexibility index (Phi) is 5.22. The smallest absolute Gasteiger partial charge is 0.226 e. The number of rotatable bonds is 4. The van der Waals surface area contributed by atoms with Crippen molar-refractivity contribution in [1.82, 2.24) is 10.2 Å². The Balaban J connectivity index is 2.42. The standard InChI is InChI=1S/C12H24N2O2/c1-4-13-7-10(3)12(16)14-6-5-9(2)11(15)8-14/h9-11,13,15H,4-8H2,1-3H3. The van der Waals surface area contributed by atoms with Gasteiger partial charge in [0, 0.05) is 25.6 Å². The molecule has 1 amide bonds. The highest BCUT2D eigenvalue weighted by atomic mass is 16.3. The predicted octanol–water partition coefficient (Wildman–Crippen LogP) is 0.461. The van der Waals surface area contributed by atoms with Crippen LogP contribution in [-0.4, -0.2) is 48.2 Å². The highest BCUT2D eigenvalue weighted by Crippen LogP contribution is 2.18. The molecule has 0 aliphatic carbocycles. The minimum atomic E-state index is -0.357. The summed E-state index contributed by atoms with van der Waals surface area (Å²) in [6, 6.07) is 0. The molecule has 1 heterocycles. The van der Waals surface area contributed by atoms with Gasteiger partial charge in [0.15, 0.2) is 0 Å². The van der Waals surface area contributed by atoms with Gasteiger partial charge in [-0.2, -0.15) is 0 Å². The van der Waals surface area contributed by atoms with Crippen LogP contribution in [0.15, 0.2) is 0 Å². The van der Waals surface area contributed by atoms with E-state index in [9.17, 15) is 9.90 Å². The molecule has 16 heavy (non-hydrogen) atoms. The normalized spacial score (nSPS) is 27.9. The lowest BCUT2D eigenvalue weighted by molar-refractivity contribution is -0.139. The van der Waals surface area contributed by atoms with Crippen LogP contribution in [0.4, 0.5) is 0 Å². The number of carbonyl (C=O) groups is 1. The number of hydrogen-bond donors (Lipinski definition) is 2. The Bertz CT molecular complexity index is 233. The van der Waals surface area contributed by atoms with Crippen molar-refractivity contribution >= 4 is 5.91 Å². The van der Waals surface area contributed by atoms with Gasteiger partial charge in [0.2, 0.25) is 5.91 Å². The van der Waals surface area contributed by atoms with E-state index in [-0.39, 0.29) is 17.9 Å². The van der Waals surface area contributed by atoms with Crippen LogP contribution in [0.1, 0.15) is 27.2 Å². The zero-order valence-electron chi connectivity index (χ0n) is 10.6. The second-order valence-electron chi connectivity index (χ2n) is 4.83. The van der Waals surface area contributed by atoms with Gasteiger partial charge in [-0.15, -0.1) is 0 Å². The summed E-state index contributed by atoms with van der Waals surface area (Å²) in [4.78, 5) is 13.8. The van der Waals surface area contributed by atoms with Crippen molar-refractivity contribution < 1.29 is 9.90 Å². The third-order valence-corrected chi connectivity index (χ3v) is 3.35. The van der Waals surface area contributed by atoms with Gasteiger partial charge in [-0.25, -0.2) is 0 Å². The molecule has 0 aromatic rings. The van der Waals surface area contributed by atoms with Crippen molar-refractivity contribution in [2.24, 2.45) is 11.8 Å². The minimum Gasteiger partial charge on any atom is -0.391 e. The number of nitrogens with one attached hydrogen (secondary N) is 1. The summed E-state index contributed by atoms with van der Waals surface area (Å²) >= 11 is 0. The first kappa shape index (κ1) is 13.5. The second kappa shape index (κ2) is 6.21. The van der Waals surface area contributed by atoms with Crippen LogP contribution >= 0.6 is 0 Å². The molecule has 0 saturated carbocycles. The Hall–Kier alpha value is -0.610. The molecule has 2 N–H and O–H groups in total. The number of piperidine rings is 1. The highest BCUT2D eigenvalue weighted by molar-refractivity contribution is 5.78. The summed E-state index contributed by atoms with van der Waals surface area (Å²) in [5.41, 5.74) is 0. The molecule has 94 valence electrons. The predicted molar refractivity (Wildman–Crippen MR) is 64.1 cm³/mol. The largest absolute Gasteiger partial charge is 0.391 e. The van der Waals surface area contributed by atoms with Crippen LogP contribution in [0.5, 0.6) is 0 Å². The first-order valence-corrected chi connectivity index (χ1v) is 6.23. The van der Waals surface area contributed by atoms with Crippen molar-refractivity contribution in [2.75, 3.05) is 26.2 Å². The van der Waals surface area contributed by atoms with Gasteiger partial charge >= 0.3 is 0 Å². The molecular formula is C12H24N2O2. The lowest BCUT2D eigenvalue weighted by Crippen LogP contribution is -2.48. The van der Waals surface area contributed by atoms with Gasteiger partial charge in [0.05, 0.1) is 6.10 Å². The fourth-order valence-corrected chi connectivity index (χ4v) is 2.01. The monoisotopic (exact) mass is 228 g/mol. The molecule has 0 radical (unpaired) electrons. The molecular weight excluding hydrogens is 204 g/mol. The Morgan fingerprint density at radius 2 is 2.31 bits per heavy atom. The highest BCUT2D eigenvalue weighted by Gasteiger charge is 2.29. The topological polar surface area (TPSA) is 52.6 Å². The number of nitrogens with zero attached hydrogens (tertiary/aromatic N) is 1. The van der Waals surface area contributed by atoms with E-state index in [0.717, 1.165) is 26.1 Å². The van der Waals surface area contributed by atoms with Crippen LogP contribution < -0.4 is 5.32 Å². The molecule has 1 aliphatic rings. The SMILES string of the molecule is CCNCC(C)C(=O)N1CCC(C)C(O)C1. The Labute approximate surface area is 98.0 Å². The van der Waals surface area contributed by atoms with E-state index in [1.807, 2.05) is 20.8 Å². The lowest BCUT2D eigenvalue weighted by atomic mass is 9.95. The molecule has 1 rings (SSSR count). The number of aliphatic hydroxyl groups excluding tert-OH is 1. The summed E-state index contributed by atoms with van der Waals surface area (Å²) in [5, 5.41) is 12.9. The number of β-amino-alcohol motifs (C(OH)–C–C–N with tert-alkyl or cyclic N) is 1. The van der Waals surface area contributed by atoms with Crippen LogP contribution in [0.25, 0.3) is 0 Å². The summed E-state index contributed by atoms with van der Waals surface area (Å²) in [7, 11) is 0. The van der Waals surface area contributed by atoms with Gasteiger partial charge in [0.25, 0.3) is 0 Å². The van der Waals surface area contributed by atoms with Crippen LogP contribution in [0.2, 0.25) is 0 Å². The first-order chi connectivity index (χ1) is 7.56. The Morgan fingerprint density at radius 1 is 1.62 bits per heavy atom. The molecule has 3 unspecified atom stereocenters. The van der Waals surface area contributed by atoms with E-state index in [4.69, 9.17) is 0 Å². The van der Waals surface area contributed by atoms with Crippen molar-refractivity contribution in [3.8, 4) is 0 Å². The number of carbonyl (C=O) groups excluding carboxylic acids is 1. The van der Waals surface area contributed by atoms with Crippen LogP contribution in [0, 0.1) is 11.8 Å². The molecule has 0 spiro atoms. The maximum atomic E-state index is 12.0. The summed E-state index contributed by atoms with van der Waals surface area (Å²) < 4.78 is 0. The van der Waals surface area contributed by atoms with Gasteiger partial charge in [-0.05, 0) is 18.9 Å². The second-order valence-corrected chi connectivity index (χ2v) is 4.83. The van der Waals surface area contributed by atoms with Crippen LogP contribution in [-0.2, 0) is 4.79 Å². The van der Waals surface area contributed by atoms with E-state index in [2.05, 4.69) is 5.32 Å². The van der Waals surface area contributed by atoms with Crippen molar-refractivity contribution in [2.45, 2.75) is 33.3 Å². The van der Waals surface area contributed by atoms with Crippen molar-refractivity contribution in [3.05, 3.63) is 0 Å². The fourth-order valence-electron chi connectivity index (χ4n) is 2.01. The third kappa shape index (κ3) is 3.46. The molecule has 1 aliphatic heterocycles. The molecule has 0 aromatic carbocycles. The zero-order chi connectivity index (χ0) is 12.1. The minimum absolute atomic E-state index is 0.000515. The van der Waals surface area contributed by atoms with Gasteiger partial charge in [0.1, 0.15) is 0 Å². The molecule has 1 saturated heterocycles. The molecule has 0 aromatic heterocycles. The maximum absolute atomic E-state index is 12.0. The number of hydrogen-bond acceptors (Lipinski definition) is 3. The lowest BCUT2D eigenvalue weighted by Gasteiger charge is -2.35. The Morgan fingerprint density at radius 3 is 2.88 bits per heavy atom. The summed E-state index contributed by atoms with van der Waals surface area (Å²) in [6.45, 7) is 8.90. The number of aliphatic hydroxyl groups is 1. The van der Waals surface area contributed by atoms with E-state index in [1.54, 1.807) is 4.90 Å². The average molecular weight is 228 g/mol. The first-order valence-electron chi connectivity index (χ1n) is 6.23. The van der Waals surface area contributed by atoms with Gasteiger partial charge in [-0.1, -0.05) is 20.8 Å². The molecule has 4 heteroatoms. The maximum Gasteiger partial charge on any atom is 0.226 e.